The minimum absolute atomic E-state index is 0.0822. The number of alkyl halides is 2. The number of carbonyl (C=O) groups is 2. The molecule has 0 saturated carbocycles. The van der Waals surface area contributed by atoms with E-state index in [1.165, 1.54) is 6.92 Å². The lowest BCUT2D eigenvalue weighted by molar-refractivity contribution is -0.131. The quantitative estimate of drug-likeness (QED) is 0.652. The Kier molecular flexibility index (Phi) is 2.56. The number of carbonyl (C=O) groups excluding carboxylic acids is 2. The van der Waals surface area contributed by atoms with E-state index in [0.29, 0.717) is 0 Å². The molecule has 0 radical (unpaired) electrons. The van der Waals surface area contributed by atoms with Crippen molar-refractivity contribution in [2.24, 2.45) is 5.41 Å². The van der Waals surface area contributed by atoms with Crippen molar-refractivity contribution in [3.8, 4) is 0 Å². The zero-order valence-corrected chi connectivity index (χ0v) is 8.36. The zero-order valence-electron chi connectivity index (χ0n) is 8.36. The highest BCUT2D eigenvalue weighted by Crippen LogP contribution is 2.35. The van der Waals surface area contributed by atoms with Gasteiger partial charge in [0, 0.05) is 17.4 Å². The molecule has 4 heteroatoms. The van der Waals surface area contributed by atoms with Crippen molar-refractivity contribution in [2.75, 3.05) is 0 Å². The summed E-state index contributed by atoms with van der Waals surface area (Å²) >= 11 is 0. The van der Waals surface area contributed by atoms with Crippen LogP contribution in [0.25, 0.3) is 0 Å². The standard InChI is InChI=1S/C10H12F2O2/c1-5-7(9(11)12)6(13)4-10(2,3)8(5)14/h9H,4H2,1-3H3. The number of allylic oxidation sites excluding steroid dienone is 2. The lowest BCUT2D eigenvalue weighted by atomic mass is 9.73. The van der Waals surface area contributed by atoms with Crippen molar-refractivity contribution >= 4 is 11.6 Å². The van der Waals surface area contributed by atoms with E-state index in [2.05, 4.69) is 0 Å². The molecule has 0 heterocycles. The van der Waals surface area contributed by atoms with Gasteiger partial charge < -0.3 is 0 Å². The largest absolute Gasteiger partial charge is 0.294 e. The highest BCUT2D eigenvalue weighted by molar-refractivity contribution is 6.14. The molecule has 78 valence electrons. The van der Waals surface area contributed by atoms with Gasteiger partial charge in [-0.1, -0.05) is 13.8 Å². The number of ketones is 2. The molecule has 1 aliphatic carbocycles. The van der Waals surface area contributed by atoms with Gasteiger partial charge in [0.1, 0.15) is 0 Å². The van der Waals surface area contributed by atoms with E-state index in [0.717, 1.165) is 0 Å². The molecule has 0 aliphatic heterocycles. The predicted octanol–water partition coefficient (Wildman–Crippen LogP) is 2.14. The van der Waals surface area contributed by atoms with Gasteiger partial charge in [0.2, 0.25) is 0 Å². The van der Waals surface area contributed by atoms with E-state index in [-0.39, 0.29) is 17.8 Å². The van der Waals surface area contributed by atoms with Gasteiger partial charge in [-0.3, -0.25) is 9.59 Å². The molecule has 0 aromatic heterocycles. The van der Waals surface area contributed by atoms with E-state index >= 15 is 0 Å². The third-order valence-corrected chi connectivity index (χ3v) is 2.48. The Morgan fingerprint density at radius 2 is 1.79 bits per heavy atom. The van der Waals surface area contributed by atoms with Crippen molar-refractivity contribution in [2.45, 2.75) is 33.6 Å². The third-order valence-electron chi connectivity index (χ3n) is 2.48. The molecule has 0 saturated heterocycles. The smallest absolute Gasteiger partial charge is 0.267 e. The molecule has 0 bridgehead atoms. The molecular weight excluding hydrogens is 190 g/mol. The number of hydrogen-bond donors (Lipinski definition) is 0. The van der Waals surface area contributed by atoms with Crippen LogP contribution in [0.15, 0.2) is 11.1 Å². The molecule has 0 N–H and O–H groups in total. The summed E-state index contributed by atoms with van der Waals surface area (Å²) < 4.78 is 24.8. The Balaban J connectivity index is 3.24. The Morgan fingerprint density at radius 3 is 2.21 bits per heavy atom. The first kappa shape index (κ1) is 11.0. The summed E-state index contributed by atoms with van der Waals surface area (Å²) in [5.41, 5.74) is -1.52. The number of hydrogen-bond acceptors (Lipinski definition) is 2. The van der Waals surface area contributed by atoms with Crippen LogP contribution in [-0.4, -0.2) is 18.0 Å². The molecule has 1 rings (SSSR count). The first-order valence-corrected chi connectivity index (χ1v) is 4.34. The fourth-order valence-corrected chi connectivity index (χ4v) is 1.70. The first-order chi connectivity index (χ1) is 6.27. The van der Waals surface area contributed by atoms with Crippen LogP contribution in [-0.2, 0) is 9.59 Å². The SMILES string of the molecule is CC1=C(C(F)F)C(=O)CC(C)(C)C1=O. The zero-order chi connectivity index (χ0) is 11.1. The minimum atomic E-state index is -2.84. The fourth-order valence-electron chi connectivity index (χ4n) is 1.70. The summed E-state index contributed by atoms with van der Waals surface area (Å²) in [6, 6.07) is 0. The molecule has 1 aliphatic rings. The van der Waals surface area contributed by atoms with Gasteiger partial charge in [0.15, 0.2) is 11.6 Å². The average Bonchev–Trinajstić information content (AvgIpc) is 1.98. The maximum atomic E-state index is 12.4. The predicted molar refractivity (Wildman–Crippen MR) is 47.1 cm³/mol. The van der Waals surface area contributed by atoms with Gasteiger partial charge in [-0.2, -0.15) is 0 Å². The lowest BCUT2D eigenvalue weighted by Gasteiger charge is -2.28. The summed E-state index contributed by atoms with van der Waals surface area (Å²) in [7, 11) is 0. The van der Waals surface area contributed by atoms with Crippen LogP contribution in [0.5, 0.6) is 0 Å². The van der Waals surface area contributed by atoms with Crippen LogP contribution in [0.2, 0.25) is 0 Å². The van der Waals surface area contributed by atoms with E-state index in [1.54, 1.807) is 13.8 Å². The Labute approximate surface area is 81.0 Å². The van der Waals surface area contributed by atoms with E-state index in [4.69, 9.17) is 0 Å². The second-order valence-electron chi connectivity index (χ2n) is 4.15. The number of Topliss-reactive ketones (excluding diaryl/α,β-unsaturated/α-hetero) is 2. The van der Waals surface area contributed by atoms with Crippen molar-refractivity contribution < 1.29 is 18.4 Å². The van der Waals surface area contributed by atoms with Crippen LogP contribution >= 0.6 is 0 Å². The van der Waals surface area contributed by atoms with Crippen molar-refractivity contribution in [1.82, 2.24) is 0 Å². The topological polar surface area (TPSA) is 34.1 Å². The number of halogens is 2. The summed E-state index contributed by atoms with van der Waals surface area (Å²) in [6.07, 6.45) is -2.97. The monoisotopic (exact) mass is 202 g/mol. The van der Waals surface area contributed by atoms with Gasteiger partial charge in [-0.05, 0) is 6.92 Å². The summed E-state index contributed by atoms with van der Waals surface area (Å²) in [5.74, 6) is -0.963. The Hall–Kier alpha value is -1.06. The summed E-state index contributed by atoms with van der Waals surface area (Å²) in [6.45, 7) is 4.49. The van der Waals surface area contributed by atoms with Crippen LogP contribution in [0.4, 0.5) is 8.78 Å². The van der Waals surface area contributed by atoms with Gasteiger partial charge in [0.25, 0.3) is 6.43 Å². The van der Waals surface area contributed by atoms with Crippen LogP contribution in [0.1, 0.15) is 27.2 Å². The molecule has 0 unspecified atom stereocenters. The van der Waals surface area contributed by atoms with Gasteiger partial charge in [-0.15, -0.1) is 0 Å². The lowest BCUT2D eigenvalue weighted by Crippen LogP contribution is -2.36. The van der Waals surface area contributed by atoms with Gasteiger partial charge in [-0.25, -0.2) is 8.78 Å². The molecule has 2 nitrogen and oxygen atoms in total. The van der Waals surface area contributed by atoms with E-state index < -0.39 is 23.2 Å². The Morgan fingerprint density at radius 1 is 1.29 bits per heavy atom. The highest BCUT2D eigenvalue weighted by Gasteiger charge is 2.41. The normalized spacial score (nSPS) is 22.1. The Bertz CT molecular complexity index is 327. The van der Waals surface area contributed by atoms with E-state index in [1.807, 2.05) is 0 Å². The molecule has 0 spiro atoms. The average molecular weight is 202 g/mol. The van der Waals surface area contributed by atoms with Crippen molar-refractivity contribution in [1.29, 1.82) is 0 Å². The van der Waals surface area contributed by atoms with Crippen LogP contribution < -0.4 is 0 Å². The molecule has 0 amide bonds. The van der Waals surface area contributed by atoms with Crippen molar-refractivity contribution in [3.63, 3.8) is 0 Å². The van der Waals surface area contributed by atoms with Crippen LogP contribution in [0, 0.1) is 5.41 Å². The molecular formula is C10H12F2O2. The maximum absolute atomic E-state index is 12.4. The number of rotatable bonds is 1. The highest BCUT2D eigenvalue weighted by atomic mass is 19.3. The molecule has 0 aromatic rings. The fraction of sp³-hybridized carbons (Fsp3) is 0.600. The summed E-state index contributed by atoms with van der Waals surface area (Å²) in [5, 5.41) is 0. The molecule has 14 heavy (non-hydrogen) atoms. The van der Waals surface area contributed by atoms with Crippen LogP contribution in [0.3, 0.4) is 0 Å². The van der Waals surface area contributed by atoms with Crippen molar-refractivity contribution in [3.05, 3.63) is 11.1 Å². The van der Waals surface area contributed by atoms with E-state index in [9.17, 15) is 18.4 Å². The molecule has 0 aromatic carbocycles. The molecule has 0 atom stereocenters. The summed E-state index contributed by atoms with van der Waals surface area (Å²) in [4.78, 5) is 22.9. The minimum Gasteiger partial charge on any atom is -0.294 e. The maximum Gasteiger partial charge on any atom is 0.267 e. The molecule has 0 fully saturated rings. The van der Waals surface area contributed by atoms with Gasteiger partial charge in [0.05, 0.1) is 5.57 Å². The third kappa shape index (κ3) is 1.61. The van der Waals surface area contributed by atoms with Gasteiger partial charge >= 0.3 is 0 Å². The second-order valence-corrected chi connectivity index (χ2v) is 4.15. The second kappa shape index (κ2) is 3.26. The first-order valence-electron chi connectivity index (χ1n) is 4.34.